The lowest BCUT2D eigenvalue weighted by molar-refractivity contribution is -0.118. The Bertz CT molecular complexity index is 835. The summed E-state index contributed by atoms with van der Waals surface area (Å²) in [5.74, 6) is 0.953. The predicted octanol–water partition coefficient (Wildman–Crippen LogP) is 6.02. The summed E-state index contributed by atoms with van der Waals surface area (Å²) in [6.45, 7) is 14.7. The highest BCUT2D eigenvalue weighted by atomic mass is 35.5. The third-order valence-electron chi connectivity index (χ3n) is 5.63. The Morgan fingerprint density at radius 2 is 1.82 bits per heavy atom. The molecule has 2 atom stereocenters. The fourth-order valence-electron chi connectivity index (χ4n) is 3.84. The van der Waals surface area contributed by atoms with Crippen molar-refractivity contribution in [2.45, 2.75) is 80.3 Å². The molecule has 0 radical (unpaired) electrons. The molecule has 2 aromatic rings. The molecule has 190 valence electrons. The van der Waals surface area contributed by atoms with E-state index in [0.29, 0.717) is 23.2 Å². The molecule has 0 aliphatic carbocycles. The summed E-state index contributed by atoms with van der Waals surface area (Å²) in [6.07, 6.45) is 7.32. The molecule has 33 heavy (non-hydrogen) atoms. The number of aliphatic hydroxyl groups is 1. The van der Waals surface area contributed by atoms with Crippen molar-refractivity contribution >= 4 is 39.2 Å². The first-order valence-corrected chi connectivity index (χ1v) is 14.0. The Morgan fingerprint density at radius 1 is 1.24 bits per heavy atom. The molecule has 8 heteroatoms. The molecule has 6 nitrogen and oxygen atoms in total. The monoisotopic (exact) mass is 501 g/mol. The third-order valence-corrected chi connectivity index (χ3v) is 6.63. The number of fused-ring (bicyclic) bond motifs is 1. The zero-order chi connectivity index (χ0) is 25.6. The van der Waals surface area contributed by atoms with E-state index in [-0.39, 0.29) is 11.3 Å². The number of hydrogen-bond donors (Lipinski definition) is 3. The second-order valence-electron chi connectivity index (χ2n) is 8.59. The van der Waals surface area contributed by atoms with Gasteiger partial charge in [-0.05, 0) is 23.5 Å². The van der Waals surface area contributed by atoms with Crippen LogP contribution in [0.15, 0.2) is 18.3 Å². The smallest absolute Gasteiger partial charge is 0.216 e. The van der Waals surface area contributed by atoms with E-state index in [0.717, 1.165) is 42.1 Å². The van der Waals surface area contributed by atoms with Gasteiger partial charge in [-0.15, -0.1) is 0 Å². The minimum atomic E-state index is -0.797. The van der Waals surface area contributed by atoms with Crippen molar-refractivity contribution in [2.24, 2.45) is 11.3 Å². The number of amides is 1. The average molecular weight is 502 g/mol. The van der Waals surface area contributed by atoms with E-state index in [9.17, 15) is 14.1 Å². The van der Waals surface area contributed by atoms with Crippen LogP contribution in [0.3, 0.4) is 0 Å². The first-order chi connectivity index (χ1) is 15.5. The highest BCUT2D eigenvalue weighted by Gasteiger charge is 2.37. The number of halogens is 1. The third kappa shape index (κ3) is 10.6. The molecule has 2 rings (SSSR count). The second kappa shape index (κ2) is 16.2. The number of aliphatic hydroxyl groups excluding tert-OH is 1. The molecule has 0 aliphatic rings. The maximum absolute atomic E-state index is 11.1. The van der Waals surface area contributed by atoms with Crippen LogP contribution < -0.4 is 5.32 Å². The molecule has 0 aliphatic heterocycles. The fraction of sp³-hybridized carbons (Fsp3) is 0.680. The van der Waals surface area contributed by atoms with E-state index < -0.39 is 16.9 Å². The maximum Gasteiger partial charge on any atom is 0.216 e. The number of hydrogen-bond acceptors (Lipinski definition) is 4. The lowest BCUT2D eigenvalue weighted by Gasteiger charge is -2.39. The van der Waals surface area contributed by atoms with E-state index in [1.807, 2.05) is 26.0 Å². The standard InChI is InChI=1S/C18H27ClN2O.C5H11NO2S.C2H6/c1-5-7-13(8-6-2)18(3,4)17(22)15-10-14(19)9-12-11-20-21-16(12)15;1-5(7)6-3-4-9(2)8;1-2/h9-11,13,17,22H,5-8H2,1-4H3,(H,20,21);3-4H2,1-2H3,(H,6,7);1-2H3. The van der Waals surface area contributed by atoms with E-state index in [1.165, 1.54) is 6.92 Å². The number of aromatic amines is 1. The predicted molar refractivity (Wildman–Crippen MR) is 142 cm³/mol. The van der Waals surface area contributed by atoms with Gasteiger partial charge in [0.05, 0.1) is 17.8 Å². The number of carbonyl (C=O) groups excluding carboxylic acids is 1. The number of carbonyl (C=O) groups is 1. The van der Waals surface area contributed by atoms with Gasteiger partial charge in [0.1, 0.15) is 0 Å². The zero-order valence-electron chi connectivity index (χ0n) is 21.6. The molecule has 0 fully saturated rings. The van der Waals surface area contributed by atoms with Crippen LogP contribution in [0.25, 0.3) is 10.9 Å². The van der Waals surface area contributed by atoms with E-state index >= 15 is 0 Å². The number of aromatic nitrogens is 2. The molecular weight excluding hydrogens is 458 g/mol. The lowest BCUT2D eigenvalue weighted by Crippen LogP contribution is -2.31. The normalized spacial score (nSPS) is 12.9. The topological polar surface area (TPSA) is 95.1 Å². The quantitative estimate of drug-likeness (QED) is 0.371. The molecular formula is C25H44ClN3O3S. The van der Waals surface area contributed by atoms with Crippen molar-refractivity contribution in [1.29, 1.82) is 0 Å². The highest BCUT2D eigenvalue weighted by molar-refractivity contribution is 7.84. The van der Waals surface area contributed by atoms with Crippen LogP contribution in [0, 0.1) is 11.3 Å². The number of benzene rings is 1. The molecule has 1 aromatic carbocycles. The van der Waals surface area contributed by atoms with Crippen LogP contribution in [-0.2, 0) is 15.6 Å². The van der Waals surface area contributed by atoms with Crippen molar-refractivity contribution in [2.75, 3.05) is 18.6 Å². The van der Waals surface area contributed by atoms with Crippen LogP contribution in [0.2, 0.25) is 5.02 Å². The zero-order valence-corrected chi connectivity index (χ0v) is 23.2. The van der Waals surface area contributed by atoms with Gasteiger partial charge >= 0.3 is 0 Å². The summed E-state index contributed by atoms with van der Waals surface area (Å²) >= 11 is 6.22. The van der Waals surface area contributed by atoms with Gasteiger partial charge < -0.3 is 10.4 Å². The lowest BCUT2D eigenvalue weighted by atomic mass is 9.68. The Hall–Kier alpha value is -1.44. The number of nitrogens with one attached hydrogen (secondary N) is 2. The summed E-state index contributed by atoms with van der Waals surface area (Å²) in [5.41, 5.74) is 1.52. The summed E-state index contributed by atoms with van der Waals surface area (Å²) in [6, 6.07) is 3.74. The number of H-pyrrole nitrogens is 1. The number of nitrogens with zero attached hydrogens (tertiary/aromatic N) is 1. The summed E-state index contributed by atoms with van der Waals surface area (Å²) in [7, 11) is -0.797. The van der Waals surface area contributed by atoms with Gasteiger partial charge in [0.25, 0.3) is 0 Å². The Labute approximate surface area is 207 Å². The molecule has 1 aromatic heterocycles. The first kappa shape index (κ1) is 31.6. The van der Waals surface area contributed by atoms with E-state index in [4.69, 9.17) is 11.6 Å². The van der Waals surface area contributed by atoms with Crippen molar-refractivity contribution in [1.82, 2.24) is 15.5 Å². The van der Waals surface area contributed by atoms with Crippen LogP contribution in [0.5, 0.6) is 0 Å². The van der Waals surface area contributed by atoms with Crippen molar-refractivity contribution in [3.8, 4) is 0 Å². The van der Waals surface area contributed by atoms with Crippen LogP contribution in [0.4, 0.5) is 0 Å². The average Bonchev–Trinajstić information content (AvgIpc) is 3.22. The van der Waals surface area contributed by atoms with Gasteiger partial charge in [-0.25, -0.2) is 0 Å². The Morgan fingerprint density at radius 3 is 2.30 bits per heavy atom. The summed E-state index contributed by atoms with van der Waals surface area (Å²) in [4.78, 5) is 10.2. The molecule has 0 bridgehead atoms. The van der Waals surface area contributed by atoms with E-state index in [2.05, 4.69) is 43.2 Å². The van der Waals surface area contributed by atoms with E-state index in [1.54, 1.807) is 12.5 Å². The van der Waals surface area contributed by atoms with Gasteiger partial charge in [-0.2, -0.15) is 5.10 Å². The SMILES string of the molecule is CC.CC(=O)NCCS(C)=O.CCCC(CCC)C(C)(C)C(O)c1cc(Cl)cc2cn[nH]c12. The van der Waals surface area contributed by atoms with Gasteiger partial charge in [-0.1, -0.05) is 78.8 Å². The van der Waals surface area contributed by atoms with Crippen molar-refractivity contribution in [3.05, 3.63) is 28.9 Å². The van der Waals surface area contributed by atoms with Crippen molar-refractivity contribution < 1.29 is 14.1 Å². The molecule has 3 N–H and O–H groups in total. The van der Waals surface area contributed by atoms with Gasteiger partial charge in [-0.3, -0.25) is 14.1 Å². The number of rotatable bonds is 10. The van der Waals surface area contributed by atoms with Gasteiger partial charge in [0.15, 0.2) is 0 Å². The summed E-state index contributed by atoms with van der Waals surface area (Å²) in [5, 5.41) is 22.3. The largest absolute Gasteiger partial charge is 0.388 e. The van der Waals surface area contributed by atoms with Gasteiger partial charge in [0.2, 0.25) is 5.91 Å². The maximum atomic E-state index is 11.1. The van der Waals surface area contributed by atoms with Crippen LogP contribution in [-0.4, -0.2) is 44.0 Å². The molecule has 0 saturated carbocycles. The minimum Gasteiger partial charge on any atom is -0.388 e. The minimum absolute atomic E-state index is 0.0690. The summed E-state index contributed by atoms with van der Waals surface area (Å²) < 4.78 is 10.4. The molecule has 0 spiro atoms. The van der Waals surface area contributed by atoms with Crippen LogP contribution in [0.1, 0.15) is 85.8 Å². The Kier molecular flexibility index (Phi) is 15.5. The molecule has 2 unspecified atom stereocenters. The molecule has 0 saturated heterocycles. The second-order valence-corrected chi connectivity index (χ2v) is 10.6. The fourth-order valence-corrected chi connectivity index (χ4v) is 4.47. The van der Waals surface area contributed by atoms with Crippen molar-refractivity contribution in [3.63, 3.8) is 0 Å². The molecule has 1 heterocycles. The highest BCUT2D eigenvalue weighted by Crippen LogP contribution is 2.45. The van der Waals surface area contributed by atoms with Gasteiger partial charge in [0, 0.05) is 52.2 Å². The van der Waals surface area contributed by atoms with Crippen LogP contribution >= 0.6 is 11.6 Å². The Balaban J connectivity index is 0.000000786. The molecule has 1 amide bonds. The first-order valence-electron chi connectivity index (χ1n) is 11.9.